The standard InChI is InChI=1S/C22H24O2/c1-17(2)13-14-20-21(23)15-19(16-22(20)24-3)12-8-7-11-18-9-5-4-6-10-18/h4-13,15-16,23H,14H2,1-3H3/b11-7+,12-8+. The molecule has 0 heterocycles. The Morgan fingerprint density at radius 1 is 1.00 bits per heavy atom. The molecule has 2 rings (SSSR count). The van der Waals surface area contributed by atoms with Crippen molar-refractivity contribution in [3.63, 3.8) is 0 Å². The summed E-state index contributed by atoms with van der Waals surface area (Å²) in [7, 11) is 1.63. The van der Waals surface area contributed by atoms with E-state index in [2.05, 4.69) is 18.2 Å². The number of allylic oxidation sites excluding steroid dienone is 4. The van der Waals surface area contributed by atoms with Crippen molar-refractivity contribution in [3.05, 3.63) is 83.0 Å². The van der Waals surface area contributed by atoms with E-state index in [1.54, 1.807) is 13.2 Å². The minimum Gasteiger partial charge on any atom is -0.507 e. The number of aromatic hydroxyl groups is 1. The van der Waals surface area contributed by atoms with Gasteiger partial charge in [-0.05, 0) is 43.5 Å². The SMILES string of the molecule is COc1cc(/C=C/C=C/c2ccccc2)cc(O)c1CC=C(C)C. The fraction of sp³-hybridized carbons (Fsp3) is 0.182. The van der Waals surface area contributed by atoms with Crippen molar-refractivity contribution in [2.24, 2.45) is 0 Å². The van der Waals surface area contributed by atoms with Crippen LogP contribution in [0.1, 0.15) is 30.5 Å². The predicted molar refractivity (Wildman–Crippen MR) is 102 cm³/mol. The molecule has 124 valence electrons. The maximum absolute atomic E-state index is 10.3. The van der Waals surface area contributed by atoms with Gasteiger partial charge >= 0.3 is 0 Å². The molecular formula is C22H24O2. The van der Waals surface area contributed by atoms with Crippen LogP contribution in [0.2, 0.25) is 0 Å². The molecule has 0 atom stereocenters. The van der Waals surface area contributed by atoms with Gasteiger partial charge < -0.3 is 9.84 Å². The Hall–Kier alpha value is -2.74. The molecule has 2 aromatic rings. The fourth-order valence-corrected chi connectivity index (χ4v) is 2.34. The third-order valence-corrected chi connectivity index (χ3v) is 3.63. The molecule has 0 fully saturated rings. The number of benzene rings is 2. The first kappa shape index (κ1) is 17.6. The molecule has 24 heavy (non-hydrogen) atoms. The average Bonchev–Trinajstić information content (AvgIpc) is 2.58. The molecule has 0 aliphatic heterocycles. The lowest BCUT2D eigenvalue weighted by atomic mass is 10.0. The van der Waals surface area contributed by atoms with Crippen molar-refractivity contribution in [2.45, 2.75) is 20.3 Å². The summed E-state index contributed by atoms with van der Waals surface area (Å²) in [6.45, 7) is 4.08. The van der Waals surface area contributed by atoms with Crippen molar-refractivity contribution >= 4 is 12.2 Å². The molecule has 2 heteroatoms. The van der Waals surface area contributed by atoms with Gasteiger partial charge in [0.2, 0.25) is 0 Å². The molecule has 2 nitrogen and oxygen atoms in total. The van der Waals surface area contributed by atoms with E-state index in [0.29, 0.717) is 12.2 Å². The summed E-state index contributed by atoms with van der Waals surface area (Å²) in [6, 6.07) is 13.8. The smallest absolute Gasteiger partial charge is 0.126 e. The molecule has 0 aliphatic rings. The fourth-order valence-electron chi connectivity index (χ4n) is 2.34. The lowest BCUT2D eigenvalue weighted by Gasteiger charge is -2.10. The Kier molecular flexibility index (Phi) is 6.44. The summed E-state index contributed by atoms with van der Waals surface area (Å²) in [5, 5.41) is 10.3. The van der Waals surface area contributed by atoms with Gasteiger partial charge in [0.15, 0.2) is 0 Å². The van der Waals surface area contributed by atoms with Crippen LogP contribution in [-0.4, -0.2) is 12.2 Å². The summed E-state index contributed by atoms with van der Waals surface area (Å²) in [4.78, 5) is 0. The van der Waals surface area contributed by atoms with E-state index in [-0.39, 0.29) is 5.75 Å². The Balaban J connectivity index is 2.16. The minimum atomic E-state index is 0.263. The minimum absolute atomic E-state index is 0.263. The van der Waals surface area contributed by atoms with Crippen LogP contribution in [0.4, 0.5) is 0 Å². The predicted octanol–water partition coefficient (Wildman–Crippen LogP) is 5.64. The molecule has 0 spiro atoms. The second-order valence-corrected chi connectivity index (χ2v) is 5.84. The zero-order chi connectivity index (χ0) is 17.4. The second kappa shape index (κ2) is 8.78. The lowest BCUT2D eigenvalue weighted by molar-refractivity contribution is 0.401. The number of hydrogen-bond donors (Lipinski definition) is 1. The third kappa shape index (κ3) is 5.17. The van der Waals surface area contributed by atoms with E-state index in [0.717, 1.165) is 16.7 Å². The van der Waals surface area contributed by atoms with Crippen molar-refractivity contribution in [1.82, 2.24) is 0 Å². The van der Waals surface area contributed by atoms with Crippen LogP contribution in [0.15, 0.2) is 66.3 Å². The van der Waals surface area contributed by atoms with Crippen LogP contribution < -0.4 is 4.74 Å². The van der Waals surface area contributed by atoms with E-state index >= 15 is 0 Å². The Labute approximate surface area is 144 Å². The highest BCUT2D eigenvalue weighted by atomic mass is 16.5. The van der Waals surface area contributed by atoms with Gasteiger partial charge in [-0.3, -0.25) is 0 Å². The van der Waals surface area contributed by atoms with Gasteiger partial charge in [0.25, 0.3) is 0 Å². The summed E-state index contributed by atoms with van der Waals surface area (Å²) < 4.78 is 5.43. The Morgan fingerprint density at radius 2 is 1.67 bits per heavy atom. The van der Waals surface area contributed by atoms with Crippen molar-refractivity contribution in [1.29, 1.82) is 0 Å². The second-order valence-electron chi connectivity index (χ2n) is 5.84. The number of methoxy groups -OCH3 is 1. The van der Waals surface area contributed by atoms with Gasteiger partial charge in [0, 0.05) is 5.56 Å². The zero-order valence-corrected chi connectivity index (χ0v) is 14.5. The first-order valence-corrected chi connectivity index (χ1v) is 8.03. The molecule has 0 aliphatic carbocycles. The molecule has 0 saturated carbocycles. The average molecular weight is 320 g/mol. The normalized spacial score (nSPS) is 11.1. The summed E-state index contributed by atoms with van der Waals surface area (Å²) in [6.07, 6.45) is 10.7. The van der Waals surface area contributed by atoms with E-state index in [1.807, 2.05) is 62.4 Å². The Morgan fingerprint density at radius 3 is 2.29 bits per heavy atom. The monoisotopic (exact) mass is 320 g/mol. The number of hydrogen-bond acceptors (Lipinski definition) is 2. The molecule has 0 unspecified atom stereocenters. The number of rotatable bonds is 6. The van der Waals surface area contributed by atoms with Gasteiger partial charge in [0.1, 0.15) is 11.5 Å². The van der Waals surface area contributed by atoms with Crippen molar-refractivity contribution < 1.29 is 9.84 Å². The van der Waals surface area contributed by atoms with Crippen LogP contribution in [-0.2, 0) is 6.42 Å². The largest absolute Gasteiger partial charge is 0.507 e. The quantitative estimate of drug-likeness (QED) is 0.551. The zero-order valence-electron chi connectivity index (χ0n) is 14.5. The molecule has 1 N–H and O–H groups in total. The van der Waals surface area contributed by atoms with Crippen LogP contribution in [0.5, 0.6) is 11.5 Å². The summed E-state index contributed by atoms with van der Waals surface area (Å²) in [5.74, 6) is 0.970. The molecule has 0 amide bonds. The summed E-state index contributed by atoms with van der Waals surface area (Å²) >= 11 is 0. The van der Waals surface area contributed by atoms with E-state index in [1.165, 1.54) is 5.57 Å². The third-order valence-electron chi connectivity index (χ3n) is 3.63. The lowest BCUT2D eigenvalue weighted by Crippen LogP contribution is -1.93. The molecule has 0 radical (unpaired) electrons. The molecule has 0 bridgehead atoms. The van der Waals surface area contributed by atoms with Gasteiger partial charge in [-0.2, -0.15) is 0 Å². The van der Waals surface area contributed by atoms with Gasteiger partial charge in [-0.15, -0.1) is 0 Å². The van der Waals surface area contributed by atoms with Crippen molar-refractivity contribution in [2.75, 3.05) is 7.11 Å². The van der Waals surface area contributed by atoms with Crippen molar-refractivity contribution in [3.8, 4) is 11.5 Å². The number of ether oxygens (including phenoxy) is 1. The summed E-state index contributed by atoms with van der Waals surface area (Å²) in [5.41, 5.74) is 4.09. The van der Waals surface area contributed by atoms with Gasteiger partial charge in [0.05, 0.1) is 7.11 Å². The van der Waals surface area contributed by atoms with Crippen LogP contribution in [0, 0.1) is 0 Å². The number of phenols is 1. The molecule has 0 aromatic heterocycles. The maximum Gasteiger partial charge on any atom is 0.126 e. The van der Waals surface area contributed by atoms with E-state index < -0.39 is 0 Å². The highest BCUT2D eigenvalue weighted by molar-refractivity contribution is 5.61. The number of phenolic OH excluding ortho intramolecular Hbond substituents is 1. The first-order valence-electron chi connectivity index (χ1n) is 8.03. The highest BCUT2D eigenvalue weighted by Gasteiger charge is 2.09. The van der Waals surface area contributed by atoms with Gasteiger partial charge in [-0.1, -0.05) is 66.3 Å². The van der Waals surface area contributed by atoms with Gasteiger partial charge in [-0.25, -0.2) is 0 Å². The molecule has 2 aromatic carbocycles. The van der Waals surface area contributed by atoms with Crippen LogP contribution in [0.25, 0.3) is 12.2 Å². The maximum atomic E-state index is 10.3. The first-order chi connectivity index (χ1) is 11.6. The van der Waals surface area contributed by atoms with Crippen LogP contribution >= 0.6 is 0 Å². The van der Waals surface area contributed by atoms with E-state index in [9.17, 15) is 5.11 Å². The molecular weight excluding hydrogens is 296 g/mol. The Bertz CT molecular complexity index is 749. The highest BCUT2D eigenvalue weighted by Crippen LogP contribution is 2.31. The van der Waals surface area contributed by atoms with E-state index in [4.69, 9.17) is 4.74 Å². The molecule has 0 saturated heterocycles. The van der Waals surface area contributed by atoms with Crippen LogP contribution in [0.3, 0.4) is 0 Å². The topological polar surface area (TPSA) is 29.5 Å².